The average molecular weight is 373 g/mol. The lowest BCUT2D eigenvalue weighted by atomic mass is 10.1. The van der Waals surface area contributed by atoms with Crippen molar-refractivity contribution in [3.05, 3.63) is 51.9 Å². The average Bonchev–Trinajstić information content (AvgIpc) is 3.03. The number of hydrogen-bond donors (Lipinski definition) is 3. The molecule has 0 aliphatic heterocycles. The van der Waals surface area contributed by atoms with E-state index < -0.39 is 0 Å². The fourth-order valence-corrected chi connectivity index (χ4v) is 3.05. The zero-order valence-corrected chi connectivity index (χ0v) is 15.0. The predicted molar refractivity (Wildman–Crippen MR) is 99.0 cm³/mol. The van der Waals surface area contributed by atoms with Gasteiger partial charge in [-0.1, -0.05) is 41.6 Å². The van der Waals surface area contributed by atoms with Gasteiger partial charge in [0.05, 0.1) is 25.1 Å². The van der Waals surface area contributed by atoms with E-state index in [1.165, 1.54) is 16.4 Å². The molecular formula is C17H19N5O3S. The van der Waals surface area contributed by atoms with E-state index in [0.29, 0.717) is 22.7 Å². The number of benzene rings is 1. The van der Waals surface area contributed by atoms with E-state index in [-0.39, 0.29) is 30.4 Å². The summed E-state index contributed by atoms with van der Waals surface area (Å²) in [5, 5.41) is 16.6. The van der Waals surface area contributed by atoms with Gasteiger partial charge in [-0.2, -0.15) is 5.10 Å². The first kappa shape index (κ1) is 18.2. The quantitative estimate of drug-likeness (QED) is 0.418. The Balaban J connectivity index is 1.61. The fraction of sp³-hybridized carbons (Fsp3) is 0.294. The lowest BCUT2D eigenvalue weighted by Crippen LogP contribution is -2.24. The van der Waals surface area contributed by atoms with Gasteiger partial charge >= 0.3 is 0 Å². The van der Waals surface area contributed by atoms with Crippen LogP contribution in [-0.2, 0) is 17.9 Å². The molecule has 1 aromatic carbocycles. The Morgan fingerprint density at radius 3 is 2.85 bits per heavy atom. The molecule has 0 saturated carbocycles. The highest BCUT2D eigenvalue weighted by Crippen LogP contribution is 2.14. The summed E-state index contributed by atoms with van der Waals surface area (Å²) in [6, 6.07) is 7.93. The van der Waals surface area contributed by atoms with Crippen LogP contribution in [0.4, 0.5) is 0 Å². The third kappa shape index (κ3) is 4.30. The van der Waals surface area contributed by atoms with E-state index >= 15 is 0 Å². The van der Waals surface area contributed by atoms with Crippen molar-refractivity contribution in [1.29, 1.82) is 0 Å². The summed E-state index contributed by atoms with van der Waals surface area (Å²) in [5.41, 5.74) is 2.27. The first-order valence-electron chi connectivity index (χ1n) is 8.08. The number of aliphatic hydroxyl groups is 1. The van der Waals surface area contributed by atoms with E-state index in [2.05, 4.69) is 20.4 Å². The normalized spacial score (nSPS) is 11.0. The van der Waals surface area contributed by atoms with E-state index in [0.717, 1.165) is 17.3 Å². The number of nitrogens with one attached hydrogen (secondary N) is 2. The zero-order chi connectivity index (χ0) is 18.5. The SMILES string of the molecule is Cc1ccc(CNC(=O)CSc2nc3c(cnn3CCO)c(=O)[nH]2)cc1. The van der Waals surface area contributed by atoms with Crippen LogP contribution in [0.3, 0.4) is 0 Å². The maximum atomic E-state index is 12.1. The Labute approximate surface area is 153 Å². The molecule has 0 bridgehead atoms. The second-order valence-corrected chi connectivity index (χ2v) is 6.71. The van der Waals surface area contributed by atoms with Crippen LogP contribution in [0.15, 0.2) is 40.4 Å². The number of carbonyl (C=O) groups excluding carboxylic acids is 1. The number of carbonyl (C=O) groups is 1. The van der Waals surface area contributed by atoms with Gasteiger partial charge in [0.25, 0.3) is 5.56 Å². The minimum Gasteiger partial charge on any atom is -0.394 e. The van der Waals surface area contributed by atoms with Crippen molar-refractivity contribution in [3.8, 4) is 0 Å². The second-order valence-electron chi connectivity index (χ2n) is 5.75. The lowest BCUT2D eigenvalue weighted by Gasteiger charge is -2.06. The molecule has 26 heavy (non-hydrogen) atoms. The first-order valence-corrected chi connectivity index (χ1v) is 9.07. The molecule has 3 aromatic rings. The molecule has 0 fully saturated rings. The number of aromatic amines is 1. The summed E-state index contributed by atoms with van der Waals surface area (Å²) in [5.74, 6) is -0.0174. The Bertz CT molecular complexity index is 965. The summed E-state index contributed by atoms with van der Waals surface area (Å²) in [4.78, 5) is 31.1. The second kappa shape index (κ2) is 8.15. The molecule has 9 heteroatoms. The highest BCUT2D eigenvalue weighted by Gasteiger charge is 2.11. The molecule has 8 nitrogen and oxygen atoms in total. The molecule has 0 spiro atoms. The number of H-pyrrole nitrogens is 1. The molecule has 3 N–H and O–H groups in total. The molecule has 2 aromatic heterocycles. The Morgan fingerprint density at radius 2 is 2.12 bits per heavy atom. The monoisotopic (exact) mass is 373 g/mol. The van der Waals surface area contributed by atoms with Crippen LogP contribution in [0.2, 0.25) is 0 Å². The topological polar surface area (TPSA) is 113 Å². The minimum absolute atomic E-state index is 0.102. The number of aliphatic hydroxyl groups excluding tert-OH is 1. The lowest BCUT2D eigenvalue weighted by molar-refractivity contribution is -0.118. The van der Waals surface area contributed by atoms with Crippen molar-refractivity contribution in [2.24, 2.45) is 0 Å². The molecule has 0 radical (unpaired) electrons. The van der Waals surface area contributed by atoms with E-state index in [9.17, 15) is 9.59 Å². The standard InChI is InChI=1S/C17H19N5O3S/c1-11-2-4-12(5-3-11)8-18-14(24)10-26-17-20-15-13(16(25)21-17)9-19-22(15)6-7-23/h2-5,9,23H,6-8,10H2,1H3,(H,18,24)(H,20,21,25). The molecule has 0 saturated heterocycles. The maximum Gasteiger partial charge on any atom is 0.262 e. The number of fused-ring (bicyclic) bond motifs is 1. The van der Waals surface area contributed by atoms with E-state index in [4.69, 9.17) is 5.11 Å². The number of amides is 1. The highest BCUT2D eigenvalue weighted by molar-refractivity contribution is 7.99. The van der Waals surface area contributed by atoms with Gasteiger partial charge in [-0.15, -0.1) is 0 Å². The summed E-state index contributed by atoms with van der Waals surface area (Å²) in [6.07, 6.45) is 1.42. The summed E-state index contributed by atoms with van der Waals surface area (Å²) in [6.45, 7) is 2.61. The highest BCUT2D eigenvalue weighted by atomic mass is 32.2. The Hall–Kier alpha value is -2.65. The van der Waals surface area contributed by atoms with Crippen molar-refractivity contribution in [2.45, 2.75) is 25.2 Å². The molecular weight excluding hydrogens is 354 g/mol. The van der Waals surface area contributed by atoms with Gasteiger partial charge < -0.3 is 15.4 Å². The number of aryl methyl sites for hydroxylation is 1. The Kier molecular flexibility index (Phi) is 5.69. The Morgan fingerprint density at radius 1 is 1.35 bits per heavy atom. The van der Waals surface area contributed by atoms with Crippen molar-refractivity contribution >= 4 is 28.7 Å². The smallest absolute Gasteiger partial charge is 0.262 e. The van der Waals surface area contributed by atoms with Crippen molar-refractivity contribution in [2.75, 3.05) is 12.4 Å². The van der Waals surface area contributed by atoms with Crippen LogP contribution in [0, 0.1) is 6.92 Å². The molecule has 0 atom stereocenters. The largest absolute Gasteiger partial charge is 0.394 e. The van der Waals surface area contributed by atoms with Gasteiger partial charge in [-0.25, -0.2) is 9.67 Å². The van der Waals surface area contributed by atoms with Gasteiger partial charge in [0.1, 0.15) is 5.39 Å². The van der Waals surface area contributed by atoms with Crippen molar-refractivity contribution in [1.82, 2.24) is 25.1 Å². The first-order chi connectivity index (χ1) is 12.6. The molecule has 3 rings (SSSR count). The van der Waals surface area contributed by atoms with Gasteiger partial charge in [-0.05, 0) is 12.5 Å². The van der Waals surface area contributed by atoms with Crippen molar-refractivity contribution in [3.63, 3.8) is 0 Å². The third-order valence-electron chi connectivity index (χ3n) is 3.75. The molecule has 1 amide bonds. The maximum absolute atomic E-state index is 12.1. The van der Waals surface area contributed by atoms with Gasteiger partial charge in [-0.3, -0.25) is 9.59 Å². The number of rotatable bonds is 7. The van der Waals surface area contributed by atoms with E-state index in [1.54, 1.807) is 0 Å². The van der Waals surface area contributed by atoms with E-state index in [1.807, 2.05) is 31.2 Å². The summed E-state index contributed by atoms with van der Waals surface area (Å²) < 4.78 is 1.46. The predicted octanol–water partition coefficient (Wildman–Crippen LogP) is 0.829. The van der Waals surface area contributed by atoms with Gasteiger partial charge in [0.15, 0.2) is 10.8 Å². The van der Waals surface area contributed by atoms with Crippen LogP contribution in [0.1, 0.15) is 11.1 Å². The molecule has 2 heterocycles. The van der Waals surface area contributed by atoms with Crippen molar-refractivity contribution < 1.29 is 9.90 Å². The molecule has 0 aliphatic rings. The number of aromatic nitrogens is 4. The van der Waals surface area contributed by atoms with Gasteiger partial charge in [0.2, 0.25) is 5.91 Å². The number of hydrogen-bond acceptors (Lipinski definition) is 6. The van der Waals surface area contributed by atoms with Crippen LogP contribution < -0.4 is 10.9 Å². The zero-order valence-electron chi connectivity index (χ0n) is 14.2. The number of thioether (sulfide) groups is 1. The summed E-state index contributed by atoms with van der Waals surface area (Å²) in [7, 11) is 0. The number of nitrogens with zero attached hydrogens (tertiary/aromatic N) is 3. The van der Waals surface area contributed by atoms with Crippen LogP contribution in [0.25, 0.3) is 11.0 Å². The van der Waals surface area contributed by atoms with Crippen LogP contribution in [-0.4, -0.2) is 43.1 Å². The fourth-order valence-electron chi connectivity index (χ4n) is 2.36. The molecule has 136 valence electrons. The summed E-state index contributed by atoms with van der Waals surface area (Å²) >= 11 is 1.14. The van der Waals surface area contributed by atoms with Crippen LogP contribution in [0.5, 0.6) is 0 Å². The molecule has 0 aliphatic carbocycles. The van der Waals surface area contributed by atoms with Gasteiger partial charge in [0, 0.05) is 6.54 Å². The minimum atomic E-state index is -0.318. The molecule has 0 unspecified atom stereocenters. The third-order valence-corrected chi connectivity index (χ3v) is 4.62. The van der Waals surface area contributed by atoms with Crippen LogP contribution >= 0.6 is 11.8 Å².